The summed E-state index contributed by atoms with van der Waals surface area (Å²) in [4.78, 5) is 14.4. The molecule has 0 aliphatic rings. The zero-order valence-electron chi connectivity index (χ0n) is 6.64. The van der Waals surface area contributed by atoms with E-state index in [4.69, 9.17) is 10.8 Å². The molecule has 0 saturated heterocycles. The van der Waals surface area contributed by atoms with Crippen molar-refractivity contribution >= 4 is 17.2 Å². The molecule has 0 aliphatic heterocycles. The predicted molar refractivity (Wildman–Crippen MR) is 46.6 cm³/mol. The van der Waals surface area contributed by atoms with E-state index >= 15 is 0 Å². The minimum Gasteiger partial charge on any atom is -0.475 e. The summed E-state index contributed by atoms with van der Waals surface area (Å²) in [5, 5.41) is 8.73. The van der Waals surface area contributed by atoms with E-state index in [0.717, 1.165) is 0 Å². The van der Waals surface area contributed by atoms with Crippen molar-refractivity contribution in [3.63, 3.8) is 0 Å². The molecule has 0 atom stereocenters. The average Bonchev–Trinajstić information content (AvgIpc) is 2.46. The normalized spacial score (nSPS) is 10.5. The highest BCUT2D eigenvalue weighted by Crippen LogP contribution is 2.10. The first-order chi connectivity index (χ1) is 6.18. The van der Waals surface area contributed by atoms with Crippen molar-refractivity contribution in [1.82, 2.24) is 9.38 Å². The van der Waals surface area contributed by atoms with Gasteiger partial charge in [-0.15, -0.1) is 0 Å². The molecular weight excluding hydrogens is 170 g/mol. The maximum atomic E-state index is 10.6. The number of carbonyl (C=O) groups is 1. The third-order valence-corrected chi connectivity index (χ3v) is 1.75. The molecule has 0 aromatic carbocycles. The Hall–Kier alpha value is -2.04. The van der Waals surface area contributed by atoms with Gasteiger partial charge in [0.05, 0.1) is 11.7 Å². The summed E-state index contributed by atoms with van der Waals surface area (Å²) in [5.41, 5.74) is 6.79. The number of carboxylic acids is 1. The first kappa shape index (κ1) is 7.60. The van der Waals surface area contributed by atoms with Crippen LogP contribution in [-0.4, -0.2) is 20.5 Å². The lowest BCUT2D eigenvalue weighted by Crippen LogP contribution is -2.03. The standard InChI is InChI=1S/C8H7N3O2/c9-5-1-2-11-6(3-5)4-10-7(11)8(12)13/h1-4H,9H2,(H,12,13). The van der Waals surface area contributed by atoms with Crippen LogP contribution in [0.4, 0.5) is 5.69 Å². The zero-order chi connectivity index (χ0) is 9.42. The quantitative estimate of drug-likeness (QED) is 0.668. The minimum absolute atomic E-state index is 0.00463. The molecule has 3 N–H and O–H groups in total. The van der Waals surface area contributed by atoms with Crippen molar-refractivity contribution in [2.24, 2.45) is 0 Å². The zero-order valence-corrected chi connectivity index (χ0v) is 6.64. The molecule has 2 rings (SSSR count). The third kappa shape index (κ3) is 1.10. The summed E-state index contributed by atoms with van der Waals surface area (Å²) in [6, 6.07) is 3.29. The van der Waals surface area contributed by atoms with Crippen LogP contribution < -0.4 is 5.73 Å². The number of anilines is 1. The van der Waals surface area contributed by atoms with Gasteiger partial charge in [0.15, 0.2) is 0 Å². The molecule has 0 unspecified atom stereocenters. The number of imidazole rings is 1. The van der Waals surface area contributed by atoms with Gasteiger partial charge in [-0.3, -0.25) is 4.40 Å². The lowest BCUT2D eigenvalue weighted by atomic mass is 10.4. The lowest BCUT2D eigenvalue weighted by Gasteiger charge is -1.96. The number of rotatable bonds is 1. The Morgan fingerprint density at radius 3 is 3.08 bits per heavy atom. The molecule has 0 saturated carbocycles. The average molecular weight is 177 g/mol. The van der Waals surface area contributed by atoms with Crippen LogP contribution in [0.3, 0.4) is 0 Å². The Kier molecular flexibility index (Phi) is 1.45. The maximum absolute atomic E-state index is 10.6. The molecule has 0 bridgehead atoms. The summed E-state index contributed by atoms with van der Waals surface area (Å²) in [5.74, 6) is -1.06. The third-order valence-electron chi connectivity index (χ3n) is 1.75. The number of nitrogens with two attached hydrogens (primary N) is 1. The number of nitrogens with zero attached hydrogens (tertiary/aromatic N) is 2. The molecule has 2 heterocycles. The molecule has 0 spiro atoms. The van der Waals surface area contributed by atoms with Gasteiger partial charge < -0.3 is 10.8 Å². The van der Waals surface area contributed by atoms with Gasteiger partial charge in [0.25, 0.3) is 0 Å². The Balaban J connectivity index is 2.76. The number of fused-ring (bicyclic) bond motifs is 1. The van der Waals surface area contributed by atoms with Crippen molar-refractivity contribution in [2.75, 3.05) is 5.73 Å². The first-order valence-corrected chi connectivity index (χ1v) is 3.64. The van der Waals surface area contributed by atoms with E-state index in [1.54, 1.807) is 18.3 Å². The summed E-state index contributed by atoms with van der Waals surface area (Å²) in [6.45, 7) is 0. The Labute approximate surface area is 73.4 Å². The highest BCUT2D eigenvalue weighted by Gasteiger charge is 2.09. The maximum Gasteiger partial charge on any atom is 0.372 e. The lowest BCUT2D eigenvalue weighted by molar-refractivity contribution is 0.0683. The molecular formula is C8H7N3O2. The fraction of sp³-hybridized carbons (Fsp3) is 0. The fourth-order valence-electron chi connectivity index (χ4n) is 1.18. The van der Waals surface area contributed by atoms with Crippen LogP contribution >= 0.6 is 0 Å². The van der Waals surface area contributed by atoms with Gasteiger partial charge in [-0.1, -0.05) is 0 Å². The summed E-state index contributed by atoms with van der Waals surface area (Å²) >= 11 is 0. The van der Waals surface area contributed by atoms with Crippen LogP contribution in [0.5, 0.6) is 0 Å². The molecule has 2 aromatic heterocycles. The van der Waals surface area contributed by atoms with Crippen molar-refractivity contribution in [2.45, 2.75) is 0 Å². The molecule has 66 valence electrons. The van der Waals surface area contributed by atoms with Gasteiger partial charge in [-0.2, -0.15) is 0 Å². The topological polar surface area (TPSA) is 80.6 Å². The van der Waals surface area contributed by atoms with E-state index in [2.05, 4.69) is 4.98 Å². The second kappa shape index (κ2) is 2.48. The van der Waals surface area contributed by atoms with Crippen LogP contribution in [-0.2, 0) is 0 Å². The summed E-state index contributed by atoms with van der Waals surface area (Å²) in [6.07, 6.45) is 3.06. The van der Waals surface area contributed by atoms with E-state index < -0.39 is 5.97 Å². The van der Waals surface area contributed by atoms with Crippen molar-refractivity contribution in [1.29, 1.82) is 0 Å². The number of pyridine rings is 1. The van der Waals surface area contributed by atoms with Gasteiger partial charge in [-0.25, -0.2) is 9.78 Å². The van der Waals surface area contributed by atoms with Gasteiger partial charge in [0.2, 0.25) is 5.82 Å². The number of aromatic nitrogens is 2. The summed E-state index contributed by atoms with van der Waals surface area (Å²) in [7, 11) is 0. The smallest absolute Gasteiger partial charge is 0.372 e. The molecule has 0 radical (unpaired) electrons. The Morgan fingerprint density at radius 1 is 1.62 bits per heavy atom. The van der Waals surface area contributed by atoms with E-state index in [9.17, 15) is 4.79 Å². The van der Waals surface area contributed by atoms with Crippen molar-refractivity contribution < 1.29 is 9.90 Å². The van der Waals surface area contributed by atoms with Gasteiger partial charge >= 0.3 is 5.97 Å². The second-order valence-electron chi connectivity index (χ2n) is 2.64. The van der Waals surface area contributed by atoms with E-state index in [1.807, 2.05) is 0 Å². The van der Waals surface area contributed by atoms with Crippen LogP contribution in [0.1, 0.15) is 10.6 Å². The first-order valence-electron chi connectivity index (χ1n) is 3.64. The fourth-order valence-corrected chi connectivity index (χ4v) is 1.18. The largest absolute Gasteiger partial charge is 0.475 e. The van der Waals surface area contributed by atoms with E-state index in [-0.39, 0.29) is 5.82 Å². The van der Waals surface area contributed by atoms with Crippen molar-refractivity contribution in [3.05, 3.63) is 30.4 Å². The molecule has 5 nitrogen and oxygen atoms in total. The molecule has 13 heavy (non-hydrogen) atoms. The highest BCUT2D eigenvalue weighted by molar-refractivity contribution is 5.85. The van der Waals surface area contributed by atoms with E-state index in [1.165, 1.54) is 10.6 Å². The van der Waals surface area contributed by atoms with Gasteiger partial charge in [0, 0.05) is 11.9 Å². The number of aromatic carboxylic acids is 1. The van der Waals surface area contributed by atoms with Gasteiger partial charge in [0.1, 0.15) is 0 Å². The summed E-state index contributed by atoms with van der Waals surface area (Å²) < 4.78 is 1.47. The van der Waals surface area contributed by atoms with Crippen LogP contribution in [0.2, 0.25) is 0 Å². The van der Waals surface area contributed by atoms with Crippen molar-refractivity contribution in [3.8, 4) is 0 Å². The molecule has 0 amide bonds. The Bertz CT molecular complexity index is 475. The molecule has 0 aliphatic carbocycles. The van der Waals surface area contributed by atoms with Gasteiger partial charge in [-0.05, 0) is 12.1 Å². The molecule has 5 heteroatoms. The second-order valence-corrected chi connectivity index (χ2v) is 2.64. The van der Waals surface area contributed by atoms with Crippen LogP contribution in [0.15, 0.2) is 24.5 Å². The Morgan fingerprint density at radius 2 is 2.38 bits per heavy atom. The minimum atomic E-state index is -1.05. The van der Waals surface area contributed by atoms with E-state index in [0.29, 0.717) is 11.2 Å². The number of hydrogen-bond donors (Lipinski definition) is 2. The molecule has 2 aromatic rings. The monoisotopic (exact) mass is 177 g/mol. The SMILES string of the molecule is Nc1ccn2c(C(=O)O)ncc2c1. The number of hydrogen-bond acceptors (Lipinski definition) is 3. The molecule has 0 fully saturated rings. The predicted octanol–water partition coefficient (Wildman–Crippen LogP) is 0.615. The van der Waals surface area contributed by atoms with Crippen LogP contribution in [0, 0.1) is 0 Å². The highest BCUT2D eigenvalue weighted by atomic mass is 16.4. The number of nitrogen functional groups attached to an aromatic ring is 1. The number of carboxylic acid groups (broad SMARTS) is 1. The van der Waals surface area contributed by atoms with Crippen LogP contribution in [0.25, 0.3) is 5.52 Å².